The van der Waals surface area contributed by atoms with Crippen molar-refractivity contribution in [1.82, 2.24) is 10.2 Å². The van der Waals surface area contributed by atoms with Crippen molar-refractivity contribution in [3.63, 3.8) is 0 Å². The van der Waals surface area contributed by atoms with Gasteiger partial charge in [0.05, 0.1) is 17.5 Å². The molecule has 0 bridgehead atoms. The molecule has 2 aromatic heterocycles. The number of rotatable bonds is 2. The molecule has 17 heavy (non-hydrogen) atoms. The quantitative estimate of drug-likeness (QED) is 0.751. The lowest BCUT2D eigenvalue weighted by atomic mass is 10.1. The zero-order valence-corrected chi connectivity index (χ0v) is 8.64. The van der Waals surface area contributed by atoms with Crippen LogP contribution in [0.1, 0.15) is 17.0 Å². The van der Waals surface area contributed by atoms with Gasteiger partial charge in [-0.15, -0.1) is 0 Å². The third kappa shape index (κ3) is 1.87. The van der Waals surface area contributed by atoms with Crippen molar-refractivity contribution >= 4 is 17.5 Å². The van der Waals surface area contributed by atoms with Crippen molar-refractivity contribution in [2.24, 2.45) is 0 Å². The van der Waals surface area contributed by atoms with Gasteiger partial charge < -0.3 is 10.2 Å². The minimum absolute atomic E-state index is 0.0723. The lowest BCUT2D eigenvalue weighted by molar-refractivity contribution is 0.557. The number of aromatic amines is 1. The van der Waals surface area contributed by atoms with Crippen LogP contribution in [-0.4, -0.2) is 10.2 Å². The summed E-state index contributed by atoms with van der Waals surface area (Å²) in [4.78, 5) is 0. The summed E-state index contributed by atoms with van der Waals surface area (Å²) in [5.74, 6) is 0.585. The predicted molar refractivity (Wildman–Crippen MR) is 59.9 cm³/mol. The van der Waals surface area contributed by atoms with Gasteiger partial charge in [0.25, 0.3) is 0 Å². The first-order valence-corrected chi connectivity index (χ1v) is 4.66. The van der Waals surface area contributed by atoms with E-state index >= 15 is 0 Å². The Bertz CT molecular complexity index is 636. The summed E-state index contributed by atoms with van der Waals surface area (Å²) in [6.07, 6.45) is 3.00. The summed E-state index contributed by atoms with van der Waals surface area (Å²) >= 11 is 0. The van der Waals surface area contributed by atoms with Gasteiger partial charge in [0, 0.05) is 6.08 Å². The van der Waals surface area contributed by atoms with E-state index < -0.39 is 0 Å². The molecule has 0 aromatic carbocycles. The Balaban J connectivity index is 2.51. The van der Waals surface area contributed by atoms with E-state index in [4.69, 9.17) is 20.7 Å². The highest BCUT2D eigenvalue weighted by Crippen LogP contribution is 2.22. The average Bonchev–Trinajstić information content (AvgIpc) is 2.95. The van der Waals surface area contributed by atoms with E-state index in [0.29, 0.717) is 11.5 Å². The van der Waals surface area contributed by atoms with Gasteiger partial charge in [-0.1, -0.05) is 0 Å². The summed E-state index contributed by atoms with van der Waals surface area (Å²) in [7, 11) is 0. The van der Waals surface area contributed by atoms with Crippen LogP contribution in [0.5, 0.6) is 0 Å². The molecule has 0 unspecified atom stereocenters. The van der Waals surface area contributed by atoms with Crippen molar-refractivity contribution in [1.29, 1.82) is 10.5 Å². The number of H-pyrrole nitrogens is 1. The average molecular weight is 225 g/mol. The molecule has 0 fully saturated rings. The highest BCUT2D eigenvalue weighted by Gasteiger charge is 2.14. The summed E-state index contributed by atoms with van der Waals surface area (Å²) in [5, 5.41) is 24.2. The second-order valence-corrected chi connectivity index (χ2v) is 3.16. The summed E-state index contributed by atoms with van der Waals surface area (Å²) in [5.41, 5.74) is 6.18. The van der Waals surface area contributed by atoms with Crippen LogP contribution in [0.4, 0.5) is 5.82 Å². The molecule has 0 saturated heterocycles. The van der Waals surface area contributed by atoms with Crippen LogP contribution in [0.2, 0.25) is 0 Å². The molecule has 0 aliphatic carbocycles. The number of nitriles is 2. The lowest BCUT2D eigenvalue weighted by Crippen LogP contribution is -1.89. The largest absolute Gasteiger partial charge is 0.465 e. The molecule has 0 spiro atoms. The van der Waals surface area contributed by atoms with Gasteiger partial charge in [-0.05, 0) is 12.1 Å². The van der Waals surface area contributed by atoms with Crippen molar-refractivity contribution < 1.29 is 4.42 Å². The number of allylic oxidation sites excluding steroid dienone is 1. The van der Waals surface area contributed by atoms with Gasteiger partial charge in [-0.2, -0.15) is 15.6 Å². The van der Waals surface area contributed by atoms with Crippen LogP contribution in [0, 0.1) is 22.7 Å². The molecule has 0 radical (unpaired) electrons. The number of hydrogen-bond acceptors (Lipinski definition) is 5. The van der Waals surface area contributed by atoms with Gasteiger partial charge in [0.15, 0.2) is 5.82 Å². The fourth-order valence-corrected chi connectivity index (χ4v) is 1.34. The Hall–Kier alpha value is -2.99. The molecule has 2 rings (SSSR count). The molecule has 0 atom stereocenters. The second kappa shape index (κ2) is 4.25. The van der Waals surface area contributed by atoms with E-state index in [1.54, 1.807) is 12.1 Å². The van der Waals surface area contributed by atoms with Crippen molar-refractivity contribution in [2.45, 2.75) is 0 Å². The number of aromatic nitrogens is 2. The van der Waals surface area contributed by atoms with Crippen LogP contribution in [-0.2, 0) is 0 Å². The highest BCUT2D eigenvalue weighted by molar-refractivity contribution is 5.90. The Morgan fingerprint density at radius 1 is 1.53 bits per heavy atom. The standard InChI is InChI=1S/C11H7N5O/c12-5-7(4-8-2-1-3-17-8)10-9(6-13)11(14)16-15-10/h1-4H,(H3,14,15,16)/b7-4+. The smallest absolute Gasteiger partial charge is 0.163 e. The zero-order chi connectivity index (χ0) is 12.3. The number of anilines is 1. The normalized spacial score (nSPS) is 10.8. The maximum absolute atomic E-state index is 9.05. The summed E-state index contributed by atoms with van der Waals surface area (Å²) in [6.45, 7) is 0. The molecular formula is C11H7N5O. The molecule has 2 aromatic rings. The van der Waals surface area contributed by atoms with Crippen LogP contribution in [0.25, 0.3) is 11.6 Å². The van der Waals surface area contributed by atoms with E-state index in [0.717, 1.165) is 0 Å². The number of nitrogens with two attached hydrogens (primary N) is 1. The topological polar surface area (TPSA) is 115 Å². The lowest BCUT2D eigenvalue weighted by Gasteiger charge is -1.94. The van der Waals surface area contributed by atoms with E-state index in [9.17, 15) is 0 Å². The Kier molecular flexibility index (Phi) is 2.63. The first-order chi connectivity index (χ1) is 8.26. The first-order valence-electron chi connectivity index (χ1n) is 4.66. The molecule has 2 heterocycles. The maximum Gasteiger partial charge on any atom is 0.163 e. The monoisotopic (exact) mass is 225 g/mol. The molecule has 0 aliphatic rings. The molecule has 0 aliphatic heterocycles. The molecule has 6 heteroatoms. The van der Waals surface area contributed by atoms with Gasteiger partial charge in [0.2, 0.25) is 0 Å². The van der Waals surface area contributed by atoms with Gasteiger partial charge >= 0.3 is 0 Å². The Morgan fingerprint density at radius 3 is 2.94 bits per heavy atom. The molecular weight excluding hydrogens is 218 g/mol. The predicted octanol–water partition coefficient (Wildman–Crippen LogP) is 1.52. The van der Waals surface area contributed by atoms with Crippen molar-refractivity contribution in [3.05, 3.63) is 35.4 Å². The second-order valence-electron chi connectivity index (χ2n) is 3.16. The van der Waals surface area contributed by atoms with Gasteiger partial charge in [-0.25, -0.2) is 0 Å². The van der Waals surface area contributed by atoms with Crippen LogP contribution in [0.3, 0.4) is 0 Å². The van der Waals surface area contributed by atoms with Crippen LogP contribution in [0.15, 0.2) is 22.8 Å². The number of nitrogen functional groups attached to an aromatic ring is 1. The molecule has 82 valence electrons. The van der Waals surface area contributed by atoms with E-state index in [2.05, 4.69) is 10.2 Å². The molecule has 0 amide bonds. The van der Waals surface area contributed by atoms with Gasteiger partial charge in [-0.3, -0.25) is 5.10 Å². The number of nitrogens with one attached hydrogen (secondary N) is 1. The van der Waals surface area contributed by atoms with Crippen molar-refractivity contribution in [2.75, 3.05) is 5.73 Å². The molecule has 0 saturated carbocycles. The molecule has 6 nitrogen and oxygen atoms in total. The molecule has 3 N–H and O–H groups in total. The van der Waals surface area contributed by atoms with E-state index in [1.807, 2.05) is 12.1 Å². The number of nitrogens with zero attached hydrogens (tertiary/aromatic N) is 3. The van der Waals surface area contributed by atoms with Crippen LogP contribution < -0.4 is 5.73 Å². The SMILES string of the molecule is N#C/C(=C\c1ccco1)c1[nH]nc(N)c1C#N. The zero-order valence-electron chi connectivity index (χ0n) is 8.64. The maximum atomic E-state index is 9.05. The fraction of sp³-hybridized carbons (Fsp3) is 0. The van der Waals surface area contributed by atoms with E-state index in [1.165, 1.54) is 12.3 Å². The fourth-order valence-electron chi connectivity index (χ4n) is 1.34. The number of furan rings is 1. The summed E-state index contributed by atoms with van der Waals surface area (Å²) < 4.78 is 5.09. The minimum Gasteiger partial charge on any atom is -0.465 e. The van der Waals surface area contributed by atoms with E-state index in [-0.39, 0.29) is 17.0 Å². The summed E-state index contributed by atoms with van der Waals surface area (Å²) in [6, 6.07) is 7.26. The van der Waals surface area contributed by atoms with Crippen LogP contribution >= 0.6 is 0 Å². The highest BCUT2D eigenvalue weighted by atomic mass is 16.3. The minimum atomic E-state index is 0.0723. The van der Waals surface area contributed by atoms with Crippen molar-refractivity contribution in [3.8, 4) is 12.1 Å². The third-order valence-corrected chi connectivity index (χ3v) is 2.13. The third-order valence-electron chi connectivity index (χ3n) is 2.13. The Labute approximate surface area is 96.6 Å². The Morgan fingerprint density at radius 2 is 2.35 bits per heavy atom. The number of hydrogen-bond donors (Lipinski definition) is 2. The first kappa shape index (κ1) is 10.5. The van der Waals surface area contributed by atoms with Gasteiger partial charge in [0.1, 0.15) is 23.5 Å².